The predicted octanol–water partition coefficient (Wildman–Crippen LogP) is 3.27. The number of rotatable bonds is 5. The van der Waals surface area contributed by atoms with Crippen molar-refractivity contribution in [2.45, 2.75) is 26.7 Å². The third-order valence-electron chi connectivity index (χ3n) is 2.55. The van der Waals surface area contributed by atoms with Crippen LogP contribution in [0.25, 0.3) is 0 Å². The summed E-state index contributed by atoms with van der Waals surface area (Å²) in [6.45, 7) is 5.42. The van der Waals surface area contributed by atoms with E-state index >= 15 is 0 Å². The summed E-state index contributed by atoms with van der Waals surface area (Å²) < 4.78 is 0. The van der Waals surface area contributed by atoms with Crippen molar-refractivity contribution in [3.8, 4) is 0 Å². The molecule has 1 aromatic carbocycles. The maximum Gasteiger partial charge on any atom is 0.0411 e. The fraction of sp³-hybridized carbons (Fsp3) is 0.538. The average Bonchev–Trinajstić information content (AvgIpc) is 2.20. The van der Waals surface area contributed by atoms with Gasteiger partial charge in [-0.25, -0.2) is 0 Å². The number of benzene rings is 1. The highest BCUT2D eigenvalue weighted by molar-refractivity contribution is 5.61. The number of anilines is 2. The van der Waals surface area contributed by atoms with Crippen LogP contribution in [0.1, 0.15) is 25.3 Å². The minimum Gasteiger partial charge on any atom is -0.385 e. The van der Waals surface area contributed by atoms with Crippen molar-refractivity contribution >= 4 is 11.4 Å². The van der Waals surface area contributed by atoms with Crippen LogP contribution in [0.2, 0.25) is 0 Å². The molecule has 1 aromatic rings. The second kappa shape index (κ2) is 5.64. The van der Waals surface area contributed by atoms with Gasteiger partial charge in [0, 0.05) is 32.0 Å². The van der Waals surface area contributed by atoms with Crippen LogP contribution < -0.4 is 10.2 Å². The molecule has 0 unspecified atom stereocenters. The zero-order valence-electron chi connectivity index (χ0n) is 10.3. The van der Waals surface area contributed by atoms with Crippen molar-refractivity contribution in [3.05, 3.63) is 23.8 Å². The molecule has 0 aromatic heterocycles. The van der Waals surface area contributed by atoms with E-state index in [9.17, 15) is 0 Å². The van der Waals surface area contributed by atoms with Gasteiger partial charge < -0.3 is 10.2 Å². The Morgan fingerprint density at radius 2 is 2.00 bits per heavy atom. The van der Waals surface area contributed by atoms with E-state index in [1.807, 2.05) is 0 Å². The van der Waals surface area contributed by atoms with Crippen molar-refractivity contribution in [1.82, 2.24) is 0 Å². The lowest BCUT2D eigenvalue weighted by Gasteiger charge is -2.17. The molecule has 0 spiro atoms. The molecular formula is C13H22N2. The molecule has 0 fully saturated rings. The molecule has 0 saturated heterocycles. The molecule has 0 aliphatic heterocycles. The summed E-state index contributed by atoms with van der Waals surface area (Å²) in [7, 11) is 4.16. The van der Waals surface area contributed by atoms with E-state index in [-0.39, 0.29) is 0 Å². The molecule has 2 heteroatoms. The third-order valence-corrected chi connectivity index (χ3v) is 2.55. The molecule has 0 aliphatic rings. The van der Waals surface area contributed by atoms with Gasteiger partial charge in [-0.05, 0) is 31.0 Å². The van der Waals surface area contributed by atoms with Crippen LogP contribution in [0.4, 0.5) is 11.4 Å². The molecular weight excluding hydrogens is 184 g/mol. The van der Waals surface area contributed by atoms with Gasteiger partial charge in [0.05, 0.1) is 0 Å². The number of hydrogen-bond acceptors (Lipinski definition) is 2. The van der Waals surface area contributed by atoms with Crippen molar-refractivity contribution in [2.75, 3.05) is 30.9 Å². The van der Waals surface area contributed by atoms with Gasteiger partial charge in [0.1, 0.15) is 0 Å². The first kappa shape index (κ1) is 11.9. The van der Waals surface area contributed by atoms with E-state index in [2.05, 4.69) is 56.4 Å². The Hall–Kier alpha value is -1.18. The molecule has 0 amide bonds. The lowest BCUT2D eigenvalue weighted by Crippen LogP contribution is -2.11. The molecule has 0 radical (unpaired) electrons. The van der Waals surface area contributed by atoms with Crippen LogP contribution in [0.15, 0.2) is 18.2 Å². The van der Waals surface area contributed by atoms with Crippen LogP contribution in [-0.4, -0.2) is 20.6 Å². The van der Waals surface area contributed by atoms with E-state index in [1.165, 1.54) is 29.8 Å². The molecule has 0 atom stereocenters. The number of aryl methyl sites for hydroxylation is 1. The minimum absolute atomic E-state index is 1.06. The van der Waals surface area contributed by atoms with Crippen molar-refractivity contribution < 1.29 is 0 Å². The minimum atomic E-state index is 1.06. The van der Waals surface area contributed by atoms with Crippen LogP contribution in [0.3, 0.4) is 0 Å². The Kier molecular flexibility index (Phi) is 4.47. The molecule has 2 nitrogen and oxygen atoms in total. The van der Waals surface area contributed by atoms with Crippen LogP contribution in [-0.2, 0) is 0 Å². The number of unbranched alkanes of at least 4 members (excludes halogenated alkanes) is 1. The summed E-state index contributed by atoms with van der Waals surface area (Å²) in [5.74, 6) is 0. The highest BCUT2D eigenvalue weighted by Gasteiger charge is 2.01. The van der Waals surface area contributed by atoms with E-state index in [1.54, 1.807) is 0 Å². The molecule has 0 heterocycles. The number of nitrogens with one attached hydrogen (secondary N) is 1. The molecule has 0 saturated carbocycles. The lowest BCUT2D eigenvalue weighted by molar-refractivity contribution is 0.834. The first-order chi connectivity index (χ1) is 7.15. The average molecular weight is 206 g/mol. The standard InChI is InChI=1S/C13H22N2/c1-5-6-9-14-12-8-7-11(2)13(10-12)15(3)4/h7-8,10,14H,5-6,9H2,1-4H3. The fourth-order valence-corrected chi connectivity index (χ4v) is 1.61. The monoisotopic (exact) mass is 206 g/mol. The van der Waals surface area contributed by atoms with E-state index in [4.69, 9.17) is 0 Å². The molecule has 0 aliphatic carbocycles. The largest absolute Gasteiger partial charge is 0.385 e. The summed E-state index contributed by atoms with van der Waals surface area (Å²) in [4.78, 5) is 2.15. The van der Waals surface area contributed by atoms with Gasteiger partial charge in [-0.15, -0.1) is 0 Å². The topological polar surface area (TPSA) is 15.3 Å². The Morgan fingerprint density at radius 1 is 1.27 bits per heavy atom. The first-order valence-electron chi connectivity index (χ1n) is 5.67. The molecule has 84 valence electrons. The van der Waals surface area contributed by atoms with Crippen molar-refractivity contribution in [1.29, 1.82) is 0 Å². The Morgan fingerprint density at radius 3 is 2.60 bits per heavy atom. The van der Waals surface area contributed by atoms with E-state index in [0.29, 0.717) is 0 Å². The highest BCUT2D eigenvalue weighted by Crippen LogP contribution is 2.22. The van der Waals surface area contributed by atoms with Gasteiger partial charge in [-0.2, -0.15) is 0 Å². The SMILES string of the molecule is CCCCNc1ccc(C)c(N(C)C)c1. The van der Waals surface area contributed by atoms with Gasteiger partial charge in [0.2, 0.25) is 0 Å². The van der Waals surface area contributed by atoms with Crippen LogP contribution in [0, 0.1) is 6.92 Å². The van der Waals surface area contributed by atoms with Gasteiger partial charge in [0.15, 0.2) is 0 Å². The molecule has 0 bridgehead atoms. The quantitative estimate of drug-likeness (QED) is 0.744. The van der Waals surface area contributed by atoms with Gasteiger partial charge in [-0.1, -0.05) is 19.4 Å². The van der Waals surface area contributed by atoms with Gasteiger partial charge in [-0.3, -0.25) is 0 Å². The van der Waals surface area contributed by atoms with Crippen LogP contribution >= 0.6 is 0 Å². The molecule has 15 heavy (non-hydrogen) atoms. The Bertz CT molecular complexity index is 305. The third kappa shape index (κ3) is 3.46. The van der Waals surface area contributed by atoms with Gasteiger partial charge in [0.25, 0.3) is 0 Å². The van der Waals surface area contributed by atoms with Gasteiger partial charge >= 0.3 is 0 Å². The second-order valence-corrected chi connectivity index (χ2v) is 4.18. The number of nitrogens with zero attached hydrogens (tertiary/aromatic N) is 1. The van der Waals surface area contributed by atoms with Crippen molar-refractivity contribution in [3.63, 3.8) is 0 Å². The predicted molar refractivity (Wildman–Crippen MR) is 68.9 cm³/mol. The summed E-state index contributed by atoms with van der Waals surface area (Å²) >= 11 is 0. The summed E-state index contributed by atoms with van der Waals surface area (Å²) in [5.41, 5.74) is 3.83. The maximum atomic E-state index is 3.44. The second-order valence-electron chi connectivity index (χ2n) is 4.18. The molecule has 1 rings (SSSR count). The van der Waals surface area contributed by atoms with E-state index < -0.39 is 0 Å². The van der Waals surface area contributed by atoms with E-state index in [0.717, 1.165) is 6.54 Å². The Labute approximate surface area is 93.3 Å². The fourth-order valence-electron chi connectivity index (χ4n) is 1.61. The summed E-state index contributed by atoms with van der Waals surface area (Å²) in [5, 5.41) is 3.44. The first-order valence-corrected chi connectivity index (χ1v) is 5.67. The number of hydrogen-bond donors (Lipinski definition) is 1. The molecule has 1 N–H and O–H groups in total. The maximum absolute atomic E-state index is 3.44. The summed E-state index contributed by atoms with van der Waals surface area (Å²) in [6, 6.07) is 6.53. The van der Waals surface area contributed by atoms with Crippen molar-refractivity contribution in [2.24, 2.45) is 0 Å². The highest BCUT2D eigenvalue weighted by atomic mass is 15.1. The smallest absolute Gasteiger partial charge is 0.0411 e. The zero-order chi connectivity index (χ0) is 11.3. The Balaban J connectivity index is 2.70. The zero-order valence-corrected chi connectivity index (χ0v) is 10.3. The summed E-state index contributed by atoms with van der Waals surface area (Å²) in [6.07, 6.45) is 2.46. The van der Waals surface area contributed by atoms with Crippen LogP contribution in [0.5, 0.6) is 0 Å². The lowest BCUT2D eigenvalue weighted by atomic mass is 10.1. The normalized spacial score (nSPS) is 10.1.